The highest BCUT2D eigenvalue weighted by atomic mass is 15.4. The van der Waals surface area contributed by atoms with Crippen molar-refractivity contribution in [1.29, 1.82) is 0 Å². The molecule has 20 heavy (non-hydrogen) atoms. The molecule has 0 bridgehead atoms. The van der Waals surface area contributed by atoms with Crippen LogP contribution >= 0.6 is 0 Å². The summed E-state index contributed by atoms with van der Waals surface area (Å²) in [4.78, 5) is 7.00. The Balaban J connectivity index is 1.53. The fourth-order valence-corrected chi connectivity index (χ4v) is 2.93. The van der Waals surface area contributed by atoms with E-state index in [9.17, 15) is 0 Å². The van der Waals surface area contributed by atoms with E-state index in [4.69, 9.17) is 0 Å². The predicted octanol–water partition coefficient (Wildman–Crippen LogP) is 2.15. The highest BCUT2D eigenvalue weighted by molar-refractivity contribution is 5.08. The van der Waals surface area contributed by atoms with Crippen LogP contribution in [0.25, 0.3) is 0 Å². The Kier molecular flexibility index (Phi) is 4.06. The minimum Gasteiger partial charge on any atom is -0.295 e. The van der Waals surface area contributed by atoms with E-state index in [0.717, 1.165) is 19.6 Å². The van der Waals surface area contributed by atoms with E-state index in [1.807, 2.05) is 23.1 Å². The van der Waals surface area contributed by atoms with E-state index in [0.29, 0.717) is 12.0 Å². The molecule has 0 radical (unpaired) electrons. The molecular weight excluding hydrogens is 250 g/mol. The van der Waals surface area contributed by atoms with Crippen molar-refractivity contribution in [3.63, 3.8) is 0 Å². The Morgan fingerprint density at radius 2 is 2.10 bits per heavy atom. The minimum absolute atomic E-state index is 0.406. The van der Waals surface area contributed by atoms with Gasteiger partial charge in [0.25, 0.3) is 0 Å². The molecule has 2 aromatic rings. The van der Waals surface area contributed by atoms with Crippen LogP contribution in [0.2, 0.25) is 0 Å². The predicted molar refractivity (Wildman–Crippen MR) is 77.0 cm³/mol. The number of aromatic nitrogens is 4. The smallest absolute Gasteiger partial charge is 0.0692 e. The Hall–Kier alpha value is -1.75. The SMILES string of the molecule is C[C@@H](c1ccccn1)N1CCC(Cn2ccnn2)CC1. The molecule has 0 aliphatic carbocycles. The van der Waals surface area contributed by atoms with Gasteiger partial charge in [-0.1, -0.05) is 11.3 Å². The van der Waals surface area contributed by atoms with E-state index in [1.165, 1.54) is 18.5 Å². The lowest BCUT2D eigenvalue weighted by molar-refractivity contribution is 0.129. The fourth-order valence-electron chi connectivity index (χ4n) is 2.93. The monoisotopic (exact) mass is 271 g/mol. The highest BCUT2D eigenvalue weighted by Gasteiger charge is 2.24. The number of pyridine rings is 1. The van der Waals surface area contributed by atoms with Crippen molar-refractivity contribution in [3.8, 4) is 0 Å². The highest BCUT2D eigenvalue weighted by Crippen LogP contribution is 2.26. The first-order chi connectivity index (χ1) is 9.83. The quantitative estimate of drug-likeness (QED) is 0.855. The van der Waals surface area contributed by atoms with E-state index in [-0.39, 0.29) is 0 Å². The summed E-state index contributed by atoms with van der Waals surface area (Å²) >= 11 is 0. The average molecular weight is 271 g/mol. The Bertz CT molecular complexity index is 502. The summed E-state index contributed by atoms with van der Waals surface area (Å²) in [7, 11) is 0. The summed E-state index contributed by atoms with van der Waals surface area (Å²) < 4.78 is 1.95. The van der Waals surface area contributed by atoms with Gasteiger partial charge in [-0.3, -0.25) is 14.6 Å². The number of hydrogen-bond donors (Lipinski definition) is 0. The molecule has 3 rings (SSSR count). The molecule has 5 nitrogen and oxygen atoms in total. The van der Waals surface area contributed by atoms with Crippen LogP contribution < -0.4 is 0 Å². The third-order valence-electron chi connectivity index (χ3n) is 4.23. The summed E-state index contributed by atoms with van der Waals surface area (Å²) in [5.41, 5.74) is 1.17. The van der Waals surface area contributed by atoms with Crippen LogP contribution in [0.3, 0.4) is 0 Å². The third kappa shape index (κ3) is 3.04. The van der Waals surface area contributed by atoms with Gasteiger partial charge in [-0.15, -0.1) is 5.10 Å². The molecule has 1 fully saturated rings. The van der Waals surface area contributed by atoms with Gasteiger partial charge in [-0.2, -0.15) is 0 Å². The van der Waals surface area contributed by atoms with E-state index in [2.05, 4.69) is 39.3 Å². The molecule has 3 heterocycles. The zero-order valence-electron chi connectivity index (χ0n) is 11.9. The summed E-state index contributed by atoms with van der Waals surface area (Å²) in [5.74, 6) is 0.712. The van der Waals surface area contributed by atoms with E-state index < -0.39 is 0 Å². The number of nitrogens with zero attached hydrogens (tertiary/aromatic N) is 5. The molecule has 1 saturated heterocycles. The molecule has 0 spiro atoms. The van der Waals surface area contributed by atoms with Crippen molar-refractivity contribution >= 4 is 0 Å². The average Bonchev–Trinajstić information content (AvgIpc) is 3.01. The van der Waals surface area contributed by atoms with Gasteiger partial charge in [-0.05, 0) is 50.9 Å². The Labute approximate surface area is 119 Å². The first-order valence-corrected chi connectivity index (χ1v) is 7.32. The van der Waals surface area contributed by atoms with Gasteiger partial charge in [0, 0.05) is 25.0 Å². The maximum absolute atomic E-state index is 4.47. The van der Waals surface area contributed by atoms with Crippen LogP contribution in [0.5, 0.6) is 0 Å². The molecular formula is C15H21N5. The molecule has 0 amide bonds. The van der Waals surface area contributed by atoms with Crippen LogP contribution in [0.1, 0.15) is 31.5 Å². The van der Waals surface area contributed by atoms with Crippen LogP contribution in [-0.2, 0) is 6.54 Å². The van der Waals surface area contributed by atoms with Crippen molar-refractivity contribution < 1.29 is 0 Å². The summed E-state index contributed by atoms with van der Waals surface area (Å²) in [6, 6.07) is 6.56. The molecule has 106 valence electrons. The zero-order valence-corrected chi connectivity index (χ0v) is 11.9. The first kappa shape index (κ1) is 13.2. The fraction of sp³-hybridized carbons (Fsp3) is 0.533. The normalized spacial score (nSPS) is 19.1. The molecule has 0 aromatic carbocycles. The lowest BCUT2D eigenvalue weighted by Gasteiger charge is -2.35. The zero-order chi connectivity index (χ0) is 13.8. The second kappa shape index (κ2) is 6.13. The minimum atomic E-state index is 0.406. The van der Waals surface area contributed by atoms with E-state index >= 15 is 0 Å². The maximum Gasteiger partial charge on any atom is 0.0692 e. The lowest BCUT2D eigenvalue weighted by Crippen LogP contribution is -2.37. The molecule has 0 N–H and O–H groups in total. The van der Waals surface area contributed by atoms with Gasteiger partial charge >= 0.3 is 0 Å². The topological polar surface area (TPSA) is 46.8 Å². The summed E-state index contributed by atoms with van der Waals surface area (Å²) in [5, 5.41) is 7.92. The number of hydrogen-bond acceptors (Lipinski definition) is 4. The number of likely N-dealkylation sites (tertiary alicyclic amines) is 1. The third-order valence-corrected chi connectivity index (χ3v) is 4.23. The molecule has 1 aliphatic rings. The first-order valence-electron chi connectivity index (χ1n) is 7.32. The van der Waals surface area contributed by atoms with Crippen molar-refractivity contribution in [2.75, 3.05) is 13.1 Å². The molecule has 2 aromatic heterocycles. The molecule has 0 saturated carbocycles. The summed E-state index contributed by atoms with van der Waals surface area (Å²) in [6.07, 6.45) is 8.01. The molecule has 1 atom stereocenters. The number of piperidine rings is 1. The van der Waals surface area contributed by atoms with Crippen LogP contribution in [0, 0.1) is 5.92 Å². The van der Waals surface area contributed by atoms with Crippen molar-refractivity contribution in [2.45, 2.75) is 32.4 Å². The second-order valence-electron chi connectivity index (χ2n) is 5.54. The number of rotatable bonds is 4. The van der Waals surface area contributed by atoms with Gasteiger partial charge in [0.1, 0.15) is 0 Å². The van der Waals surface area contributed by atoms with E-state index in [1.54, 1.807) is 6.20 Å². The van der Waals surface area contributed by atoms with Crippen molar-refractivity contribution in [1.82, 2.24) is 24.9 Å². The summed E-state index contributed by atoms with van der Waals surface area (Å²) in [6.45, 7) is 5.51. The van der Waals surface area contributed by atoms with Gasteiger partial charge in [0.05, 0.1) is 11.9 Å². The molecule has 0 unspecified atom stereocenters. The maximum atomic E-state index is 4.47. The largest absolute Gasteiger partial charge is 0.295 e. The van der Waals surface area contributed by atoms with Crippen LogP contribution in [0.4, 0.5) is 0 Å². The van der Waals surface area contributed by atoms with Gasteiger partial charge in [-0.25, -0.2) is 0 Å². The lowest BCUT2D eigenvalue weighted by atomic mass is 9.95. The second-order valence-corrected chi connectivity index (χ2v) is 5.54. The van der Waals surface area contributed by atoms with Crippen LogP contribution in [0.15, 0.2) is 36.8 Å². The van der Waals surface area contributed by atoms with Gasteiger partial charge in [0.2, 0.25) is 0 Å². The Morgan fingerprint density at radius 3 is 2.75 bits per heavy atom. The van der Waals surface area contributed by atoms with Gasteiger partial charge < -0.3 is 0 Å². The molecule has 1 aliphatic heterocycles. The molecule has 5 heteroatoms. The van der Waals surface area contributed by atoms with Gasteiger partial charge in [0.15, 0.2) is 0 Å². The standard InChI is InChI=1S/C15H21N5/c1-13(15-4-2-3-7-16-15)19-9-5-14(6-10-19)12-20-11-8-17-18-20/h2-4,7-8,11,13-14H,5-6,9-10,12H2,1H3/t13-/m0/s1. The van der Waals surface area contributed by atoms with Crippen molar-refractivity contribution in [2.24, 2.45) is 5.92 Å². The van der Waals surface area contributed by atoms with Crippen LogP contribution in [-0.4, -0.2) is 38.0 Å². The Morgan fingerprint density at radius 1 is 1.25 bits per heavy atom. The van der Waals surface area contributed by atoms with Crippen molar-refractivity contribution in [3.05, 3.63) is 42.5 Å².